The lowest BCUT2D eigenvalue weighted by Gasteiger charge is -2.11. The lowest BCUT2D eigenvalue weighted by molar-refractivity contribution is 0.411. The van der Waals surface area contributed by atoms with Gasteiger partial charge in [-0.05, 0) is 6.07 Å². The van der Waals surface area contributed by atoms with Crippen LogP contribution in [0.25, 0.3) is 11.1 Å². The van der Waals surface area contributed by atoms with Crippen LogP contribution in [0.2, 0.25) is 10.0 Å². The van der Waals surface area contributed by atoms with Crippen molar-refractivity contribution in [1.29, 1.82) is 0 Å². The molecule has 15 heavy (non-hydrogen) atoms. The molecule has 0 saturated carbocycles. The molecular formula is C11H11Cl2NO. The first kappa shape index (κ1) is 10.8. The van der Waals surface area contributed by atoms with E-state index in [1.165, 1.54) is 0 Å². The minimum atomic E-state index is -0.113. The summed E-state index contributed by atoms with van der Waals surface area (Å²) in [5, 5.41) is 0.985. The molecule has 80 valence electrons. The molecule has 0 radical (unpaired) electrons. The molecule has 1 heterocycles. The van der Waals surface area contributed by atoms with Crippen molar-refractivity contribution in [2.75, 3.05) is 0 Å². The van der Waals surface area contributed by atoms with Gasteiger partial charge in [0.2, 0.25) is 5.89 Å². The van der Waals surface area contributed by atoms with Crippen molar-refractivity contribution in [3.63, 3.8) is 0 Å². The molecule has 1 aromatic carbocycles. The van der Waals surface area contributed by atoms with E-state index < -0.39 is 0 Å². The van der Waals surface area contributed by atoms with Gasteiger partial charge in [0.25, 0.3) is 0 Å². The summed E-state index contributed by atoms with van der Waals surface area (Å²) in [5.41, 5.74) is 1.31. The Morgan fingerprint density at radius 3 is 2.33 bits per heavy atom. The summed E-state index contributed by atoms with van der Waals surface area (Å²) >= 11 is 11.8. The van der Waals surface area contributed by atoms with Gasteiger partial charge in [0, 0.05) is 11.5 Å². The van der Waals surface area contributed by atoms with Crippen molar-refractivity contribution >= 4 is 34.3 Å². The molecule has 0 aliphatic rings. The number of rotatable bonds is 0. The van der Waals surface area contributed by atoms with Gasteiger partial charge in [-0.15, -0.1) is 0 Å². The number of aromatic nitrogens is 1. The Labute approximate surface area is 98.2 Å². The second-order valence-electron chi connectivity index (χ2n) is 4.50. The van der Waals surface area contributed by atoms with E-state index >= 15 is 0 Å². The molecule has 4 heteroatoms. The third kappa shape index (κ3) is 1.97. The fraction of sp³-hybridized carbons (Fsp3) is 0.364. The van der Waals surface area contributed by atoms with E-state index in [0.29, 0.717) is 21.5 Å². The summed E-state index contributed by atoms with van der Waals surface area (Å²) in [6, 6.07) is 3.42. The Bertz CT molecular complexity index is 472. The summed E-state index contributed by atoms with van der Waals surface area (Å²) in [6.45, 7) is 6.13. The Balaban J connectivity index is 2.66. The van der Waals surface area contributed by atoms with Gasteiger partial charge in [-0.1, -0.05) is 44.0 Å². The normalized spacial score (nSPS) is 12.3. The molecule has 2 aromatic rings. The van der Waals surface area contributed by atoms with Crippen molar-refractivity contribution in [2.24, 2.45) is 0 Å². The molecule has 0 aliphatic carbocycles. The van der Waals surface area contributed by atoms with Crippen LogP contribution in [0.3, 0.4) is 0 Å². The van der Waals surface area contributed by atoms with Gasteiger partial charge in [-0.2, -0.15) is 0 Å². The topological polar surface area (TPSA) is 26.0 Å². The average molecular weight is 244 g/mol. The van der Waals surface area contributed by atoms with Gasteiger partial charge in [-0.25, -0.2) is 4.98 Å². The van der Waals surface area contributed by atoms with Crippen LogP contribution < -0.4 is 0 Å². The highest BCUT2D eigenvalue weighted by Crippen LogP contribution is 2.31. The number of hydrogen-bond donors (Lipinski definition) is 0. The summed E-state index contributed by atoms with van der Waals surface area (Å²) < 4.78 is 5.61. The first-order valence-electron chi connectivity index (χ1n) is 4.64. The van der Waals surface area contributed by atoms with Crippen molar-refractivity contribution in [3.8, 4) is 0 Å². The van der Waals surface area contributed by atoms with Crippen LogP contribution in [-0.4, -0.2) is 4.98 Å². The number of nitrogens with zero attached hydrogens (tertiary/aromatic N) is 1. The standard InChI is InChI=1S/C11H11Cl2NO/c1-11(2,3)10-14-8-4-6(12)7(13)5-9(8)15-10/h4-5H,1-3H3. The van der Waals surface area contributed by atoms with Gasteiger partial charge in [-0.3, -0.25) is 0 Å². The number of benzene rings is 1. The maximum absolute atomic E-state index is 5.90. The lowest BCUT2D eigenvalue weighted by Crippen LogP contribution is -2.10. The van der Waals surface area contributed by atoms with Gasteiger partial charge in [0.05, 0.1) is 10.0 Å². The summed E-state index contributed by atoms with van der Waals surface area (Å²) in [4.78, 5) is 4.38. The molecule has 1 aromatic heterocycles. The predicted octanol–water partition coefficient (Wildman–Crippen LogP) is 4.43. The van der Waals surface area contributed by atoms with Gasteiger partial charge < -0.3 is 4.42 Å². The molecule has 0 unspecified atom stereocenters. The van der Waals surface area contributed by atoms with E-state index in [2.05, 4.69) is 4.98 Å². The monoisotopic (exact) mass is 243 g/mol. The largest absolute Gasteiger partial charge is 0.440 e. The fourth-order valence-electron chi connectivity index (χ4n) is 1.24. The quantitative estimate of drug-likeness (QED) is 0.685. The highest BCUT2D eigenvalue weighted by atomic mass is 35.5. The van der Waals surface area contributed by atoms with E-state index in [-0.39, 0.29) is 5.41 Å². The van der Waals surface area contributed by atoms with Crippen LogP contribution in [0.4, 0.5) is 0 Å². The fourth-order valence-corrected chi connectivity index (χ4v) is 1.56. The second-order valence-corrected chi connectivity index (χ2v) is 5.32. The second kappa shape index (κ2) is 3.39. The van der Waals surface area contributed by atoms with Gasteiger partial charge in [0.1, 0.15) is 5.52 Å². The number of hydrogen-bond acceptors (Lipinski definition) is 2. The van der Waals surface area contributed by atoms with Crippen molar-refractivity contribution < 1.29 is 4.42 Å². The third-order valence-corrected chi connectivity index (χ3v) is 2.79. The molecular weight excluding hydrogens is 233 g/mol. The van der Waals surface area contributed by atoms with E-state index in [1.54, 1.807) is 12.1 Å². The van der Waals surface area contributed by atoms with Crippen LogP contribution >= 0.6 is 23.2 Å². The zero-order valence-corrected chi connectivity index (χ0v) is 10.3. The Morgan fingerprint density at radius 1 is 1.13 bits per heavy atom. The van der Waals surface area contributed by atoms with E-state index in [0.717, 1.165) is 5.52 Å². The van der Waals surface area contributed by atoms with E-state index in [1.807, 2.05) is 20.8 Å². The molecule has 0 spiro atoms. The number of fused-ring (bicyclic) bond motifs is 1. The minimum Gasteiger partial charge on any atom is -0.440 e. The van der Waals surface area contributed by atoms with Crippen LogP contribution in [-0.2, 0) is 5.41 Å². The zero-order chi connectivity index (χ0) is 11.2. The molecule has 0 fully saturated rings. The van der Waals surface area contributed by atoms with Gasteiger partial charge in [0.15, 0.2) is 5.58 Å². The van der Waals surface area contributed by atoms with Crippen molar-refractivity contribution in [2.45, 2.75) is 26.2 Å². The number of halogens is 2. The summed E-state index contributed by atoms with van der Waals surface area (Å²) in [5.74, 6) is 0.691. The molecule has 2 rings (SSSR count). The zero-order valence-electron chi connectivity index (χ0n) is 8.77. The Hall–Kier alpha value is -0.730. The SMILES string of the molecule is CC(C)(C)c1nc2cc(Cl)c(Cl)cc2o1. The summed E-state index contributed by atoms with van der Waals surface area (Å²) in [6.07, 6.45) is 0. The van der Waals surface area contributed by atoms with Crippen molar-refractivity contribution in [1.82, 2.24) is 4.98 Å². The minimum absolute atomic E-state index is 0.113. The average Bonchev–Trinajstić information content (AvgIpc) is 2.47. The molecule has 0 atom stereocenters. The molecule has 0 aliphatic heterocycles. The molecule has 0 N–H and O–H groups in total. The van der Waals surface area contributed by atoms with Crippen LogP contribution in [0, 0.1) is 0 Å². The first-order chi connectivity index (χ1) is 6.88. The number of oxazole rings is 1. The highest BCUT2D eigenvalue weighted by Gasteiger charge is 2.21. The molecule has 2 nitrogen and oxygen atoms in total. The lowest BCUT2D eigenvalue weighted by atomic mass is 9.97. The van der Waals surface area contributed by atoms with E-state index in [4.69, 9.17) is 27.6 Å². The molecule has 0 saturated heterocycles. The smallest absolute Gasteiger partial charge is 0.200 e. The van der Waals surface area contributed by atoms with E-state index in [9.17, 15) is 0 Å². The first-order valence-corrected chi connectivity index (χ1v) is 5.39. The Morgan fingerprint density at radius 2 is 1.73 bits per heavy atom. The highest BCUT2D eigenvalue weighted by molar-refractivity contribution is 6.42. The summed E-state index contributed by atoms with van der Waals surface area (Å²) in [7, 11) is 0. The molecule has 0 bridgehead atoms. The van der Waals surface area contributed by atoms with Crippen molar-refractivity contribution in [3.05, 3.63) is 28.1 Å². The van der Waals surface area contributed by atoms with Crippen LogP contribution in [0.15, 0.2) is 16.5 Å². The Kier molecular flexibility index (Phi) is 2.44. The third-order valence-electron chi connectivity index (χ3n) is 2.07. The van der Waals surface area contributed by atoms with Crippen LogP contribution in [0.5, 0.6) is 0 Å². The molecule has 0 amide bonds. The predicted molar refractivity (Wildman–Crippen MR) is 62.7 cm³/mol. The van der Waals surface area contributed by atoms with Gasteiger partial charge >= 0.3 is 0 Å². The van der Waals surface area contributed by atoms with Crippen LogP contribution in [0.1, 0.15) is 26.7 Å². The maximum atomic E-state index is 5.90. The maximum Gasteiger partial charge on any atom is 0.200 e.